The lowest BCUT2D eigenvalue weighted by Crippen LogP contribution is -2.32. The van der Waals surface area contributed by atoms with Crippen LogP contribution < -0.4 is 10.6 Å². The Morgan fingerprint density at radius 1 is 1.20 bits per heavy atom. The first-order valence-electron chi connectivity index (χ1n) is 10.0. The summed E-state index contributed by atoms with van der Waals surface area (Å²) >= 11 is 0. The highest BCUT2D eigenvalue weighted by Gasteiger charge is 2.26. The summed E-state index contributed by atoms with van der Waals surface area (Å²) in [6.07, 6.45) is 3.58. The molecule has 1 atom stereocenters. The van der Waals surface area contributed by atoms with E-state index in [1.54, 1.807) is 0 Å². The lowest BCUT2D eigenvalue weighted by molar-refractivity contribution is -0.384. The van der Waals surface area contributed by atoms with Gasteiger partial charge in [-0.15, -0.1) is 0 Å². The lowest BCUT2D eigenvalue weighted by atomic mass is 10.0. The average Bonchev–Trinajstić information content (AvgIpc) is 3.56. The predicted molar refractivity (Wildman–Crippen MR) is 112 cm³/mol. The fourth-order valence-electron chi connectivity index (χ4n) is 3.13. The van der Waals surface area contributed by atoms with E-state index < -0.39 is 23.4 Å². The molecule has 8 heteroatoms. The molecular weight excluding hydrogens is 386 g/mol. The van der Waals surface area contributed by atoms with Crippen LogP contribution in [0.15, 0.2) is 48.5 Å². The molecule has 1 aliphatic carbocycles. The van der Waals surface area contributed by atoms with Crippen LogP contribution in [0.1, 0.15) is 54.6 Å². The predicted octanol–water partition coefficient (Wildman–Crippen LogP) is 3.98. The Hall–Kier alpha value is -3.42. The molecule has 0 heterocycles. The van der Waals surface area contributed by atoms with Gasteiger partial charge in [0.15, 0.2) is 6.61 Å². The molecule has 1 fully saturated rings. The number of benzene rings is 2. The molecular formula is C22H25N3O5. The van der Waals surface area contributed by atoms with E-state index in [0.717, 1.165) is 31.2 Å². The topological polar surface area (TPSA) is 111 Å². The summed E-state index contributed by atoms with van der Waals surface area (Å²) in [7, 11) is 0. The number of carbonyl (C=O) groups is 2. The van der Waals surface area contributed by atoms with E-state index in [-0.39, 0.29) is 23.3 Å². The summed E-state index contributed by atoms with van der Waals surface area (Å²) in [4.78, 5) is 35.4. The zero-order valence-electron chi connectivity index (χ0n) is 16.8. The maximum atomic E-state index is 12.3. The number of nitrogens with one attached hydrogen (secondary N) is 2. The van der Waals surface area contributed by atoms with Crippen LogP contribution in [0.5, 0.6) is 0 Å². The van der Waals surface area contributed by atoms with E-state index in [9.17, 15) is 19.7 Å². The van der Waals surface area contributed by atoms with Crippen LogP contribution in [-0.4, -0.2) is 29.4 Å². The van der Waals surface area contributed by atoms with Crippen LogP contribution in [0.2, 0.25) is 0 Å². The summed E-state index contributed by atoms with van der Waals surface area (Å²) in [5, 5.41) is 17.3. The molecule has 2 aromatic carbocycles. The van der Waals surface area contributed by atoms with Gasteiger partial charge in [0.25, 0.3) is 11.6 Å². The van der Waals surface area contributed by atoms with Crippen molar-refractivity contribution in [2.24, 2.45) is 0 Å². The van der Waals surface area contributed by atoms with E-state index in [0.29, 0.717) is 5.69 Å². The highest BCUT2D eigenvalue weighted by atomic mass is 16.6. The molecule has 0 unspecified atom stereocenters. The summed E-state index contributed by atoms with van der Waals surface area (Å²) in [6, 6.07) is 13.8. The summed E-state index contributed by atoms with van der Waals surface area (Å²) in [5.74, 6) is -1.20. The Balaban J connectivity index is 1.59. The highest BCUT2D eigenvalue weighted by molar-refractivity contribution is 5.93. The second-order valence-electron chi connectivity index (χ2n) is 7.30. The maximum Gasteiger partial charge on any atom is 0.338 e. The number of hydrogen-bond acceptors (Lipinski definition) is 6. The van der Waals surface area contributed by atoms with Gasteiger partial charge in [-0.05, 0) is 37.0 Å². The van der Waals surface area contributed by atoms with Crippen LogP contribution in [0.3, 0.4) is 0 Å². The highest BCUT2D eigenvalue weighted by Crippen LogP contribution is 2.31. The maximum absolute atomic E-state index is 12.3. The number of nitrogens with zero attached hydrogens (tertiary/aromatic N) is 1. The fourth-order valence-corrected chi connectivity index (χ4v) is 3.13. The number of ether oxygens (including phenoxy) is 1. The molecule has 1 aliphatic rings. The van der Waals surface area contributed by atoms with Gasteiger partial charge in [0.2, 0.25) is 0 Å². The van der Waals surface area contributed by atoms with Gasteiger partial charge >= 0.3 is 5.97 Å². The Kier molecular flexibility index (Phi) is 7.00. The monoisotopic (exact) mass is 411 g/mol. The fraction of sp³-hybridized carbons (Fsp3) is 0.364. The summed E-state index contributed by atoms with van der Waals surface area (Å²) < 4.78 is 5.08. The second-order valence-corrected chi connectivity index (χ2v) is 7.30. The van der Waals surface area contributed by atoms with Gasteiger partial charge in [-0.25, -0.2) is 4.79 Å². The molecule has 1 amide bonds. The van der Waals surface area contributed by atoms with Crippen molar-refractivity contribution in [3.63, 3.8) is 0 Å². The second kappa shape index (κ2) is 9.87. The number of carbonyl (C=O) groups excluding carboxylic acids is 2. The zero-order chi connectivity index (χ0) is 21.5. The van der Waals surface area contributed by atoms with E-state index in [1.807, 2.05) is 37.3 Å². The van der Waals surface area contributed by atoms with Crippen molar-refractivity contribution >= 4 is 23.3 Å². The lowest BCUT2D eigenvalue weighted by Gasteiger charge is -2.18. The van der Waals surface area contributed by atoms with Gasteiger partial charge in [-0.3, -0.25) is 14.9 Å². The van der Waals surface area contributed by atoms with Gasteiger partial charge < -0.3 is 15.4 Å². The molecule has 2 N–H and O–H groups in total. The first-order valence-corrected chi connectivity index (χ1v) is 10.0. The van der Waals surface area contributed by atoms with E-state index in [1.165, 1.54) is 18.2 Å². The first-order chi connectivity index (χ1) is 14.5. The van der Waals surface area contributed by atoms with Crippen LogP contribution in [0, 0.1) is 10.1 Å². The third-order valence-corrected chi connectivity index (χ3v) is 4.82. The zero-order valence-corrected chi connectivity index (χ0v) is 16.8. The minimum Gasteiger partial charge on any atom is -0.452 e. The molecule has 0 saturated heterocycles. The first kappa shape index (κ1) is 21.3. The molecule has 158 valence electrons. The van der Waals surface area contributed by atoms with E-state index in [4.69, 9.17) is 4.74 Å². The molecule has 0 bridgehead atoms. The number of amides is 1. The number of esters is 1. The standard InChI is InChI=1S/C22H25N3O5/c1-2-6-18(15-7-4-3-5-8-15)24-21(26)14-30-22(27)16-9-12-19(23-17-10-11-17)20(13-16)25(28)29/h3-5,7-9,12-13,17-18,23H,2,6,10-11,14H2,1H3,(H,24,26)/t18-/m0/s1. The number of nitro groups is 1. The number of hydrogen-bond donors (Lipinski definition) is 2. The molecule has 3 rings (SSSR count). The van der Waals surface area contributed by atoms with E-state index in [2.05, 4.69) is 10.6 Å². The summed E-state index contributed by atoms with van der Waals surface area (Å²) in [5.41, 5.74) is 1.20. The molecule has 0 aliphatic heterocycles. The Labute approximate surface area is 174 Å². The molecule has 0 aromatic heterocycles. The van der Waals surface area contributed by atoms with Crippen molar-refractivity contribution in [2.45, 2.75) is 44.7 Å². The van der Waals surface area contributed by atoms with E-state index >= 15 is 0 Å². The Morgan fingerprint density at radius 3 is 2.57 bits per heavy atom. The number of rotatable bonds is 10. The molecule has 0 radical (unpaired) electrons. The average molecular weight is 411 g/mol. The van der Waals surface area contributed by atoms with Crippen molar-refractivity contribution < 1.29 is 19.2 Å². The van der Waals surface area contributed by atoms with Crippen LogP contribution in [0.4, 0.5) is 11.4 Å². The van der Waals surface area contributed by atoms with Gasteiger partial charge in [-0.1, -0.05) is 43.7 Å². The minimum atomic E-state index is -0.780. The molecule has 0 spiro atoms. The van der Waals surface area contributed by atoms with Crippen molar-refractivity contribution in [1.82, 2.24) is 5.32 Å². The van der Waals surface area contributed by atoms with Gasteiger partial charge in [0.05, 0.1) is 16.5 Å². The normalized spacial score (nSPS) is 13.9. The van der Waals surface area contributed by atoms with Crippen molar-refractivity contribution in [3.8, 4) is 0 Å². The third-order valence-electron chi connectivity index (χ3n) is 4.82. The molecule has 2 aromatic rings. The van der Waals surface area contributed by atoms with Crippen LogP contribution in [-0.2, 0) is 9.53 Å². The molecule has 8 nitrogen and oxygen atoms in total. The van der Waals surface area contributed by atoms with Crippen molar-refractivity contribution in [3.05, 3.63) is 69.8 Å². The van der Waals surface area contributed by atoms with Crippen molar-refractivity contribution in [2.75, 3.05) is 11.9 Å². The Bertz CT molecular complexity index is 912. The number of anilines is 1. The quantitative estimate of drug-likeness (QED) is 0.348. The third kappa shape index (κ3) is 5.79. The minimum absolute atomic E-state index is 0.0315. The van der Waals surface area contributed by atoms with Gasteiger partial charge in [0, 0.05) is 12.1 Å². The summed E-state index contributed by atoms with van der Waals surface area (Å²) in [6.45, 7) is 1.57. The molecule has 1 saturated carbocycles. The molecule has 30 heavy (non-hydrogen) atoms. The largest absolute Gasteiger partial charge is 0.452 e. The SMILES string of the molecule is CCC[C@H](NC(=O)COC(=O)c1ccc(NC2CC2)c([N+](=O)[O-])c1)c1ccccc1. The van der Waals surface area contributed by atoms with Crippen LogP contribution in [0.25, 0.3) is 0 Å². The van der Waals surface area contributed by atoms with Gasteiger partial charge in [-0.2, -0.15) is 0 Å². The smallest absolute Gasteiger partial charge is 0.338 e. The Morgan fingerprint density at radius 2 is 1.93 bits per heavy atom. The number of nitro benzene ring substituents is 1. The van der Waals surface area contributed by atoms with Gasteiger partial charge in [0.1, 0.15) is 5.69 Å². The van der Waals surface area contributed by atoms with Crippen LogP contribution >= 0.6 is 0 Å². The van der Waals surface area contributed by atoms with Crippen molar-refractivity contribution in [1.29, 1.82) is 0 Å².